The summed E-state index contributed by atoms with van der Waals surface area (Å²) in [5.74, 6) is 0. The first-order chi connectivity index (χ1) is 9.45. The summed E-state index contributed by atoms with van der Waals surface area (Å²) in [4.78, 5) is 0. The molecule has 106 valence electrons. The number of sulfonamides is 1. The third-order valence-electron chi connectivity index (χ3n) is 3.50. The van der Waals surface area contributed by atoms with Gasteiger partial charge in [0.15, 0.2) is 0 Å². The molecule has 2 aromatic rings. The summed E-state index contributed by atoms with van der Waals surface area (Å²) < 4.78 is 24.5. The predicted molar refractivity (Wildman–Crippen MR) is 80.1 cm³/mol. The zero-order valence-electron chi connectivity index (χ0n) is 10.9. The number of aromatic nitrogens is 2. The van der Waals surface area contributed by atoms with E-state index in [0.717, 1.165) is 22.0 Å². The lowest BCUT2D eigenvalue weighted by atomic mass is 9.98. The van der Waals surface area contributed by atoms with Gasteiger partial charge in [0.25, 0.3) is 0 Å². The number of nitrogens with one attached hydrogen (secondary N) is 1. The Morgan fingerprint density at radius 2 is 2.20 bits per heavy atom. The number of nitrogens with zero attached hydrogens (tertiary/aromatic N) is 2. The van der Waals surface area contributed by atoms with Crippen molar-refractivity contribution in [3.8, 4) is 0 Å². The summed E-state index contributed by atoms with van der Waals surface area (Å²) in [6.45, 7) is 0.892. The molecule has 0 saturated heterocycles. The van der Waals surface area contributed by atoms with E-state index < -0.39 is 10.0 Å². The first-order valence-electron chi connectivity index (χ1n) is 6.22. The van der Waals surface area contributed by atoms with Crippen molar-refractivity contribution in [1.29, 1.82) is 0 Å². The molecule has 0 radical (unpaired) electrons. The van der Waals surface area contributed by atoms with Gasteiger partial charge in [0.1, 0.15) is 0 Å². The summed E-state index contributed by atoms with van der Waals surface area (Å²) in [5.41, 5.74) is 3.04. The van der Waals surface area contributed by atoms with Crippen LogP contribution >= 0.6 is 11.6 Å². The highest BCUT2D eigenvalue weighted by Gasteiger charge is 2.21. The lowest BCUT2D eigenvalue weighted by Crippen LogP contribution is -2.33. The number of halogens is 1. The van der Waals surface area contributed by atoms with Crippen LogP contribution in [-0.2, 0) is 10.0 Å². The van der Waals surface area contributed by atoms with Gasteiger partial charge in [-0.15, -0.1) is 0 Å². The van der Waals surface area contributed by atoms with Crippen molar-refractivity contribution in [2.75, 3.05) is 19.3 Å². The van der Waals surface area contributed by atoms with Crippen LogP contribution in [0.4, 0.5) is 0 Å². The molecular weight excluding hydrogens is 298 g/mol. The summed E-state index contributed by atoms with van der Waals surface area (Å²) >= 11 is 6.13. The van der Waals surface area contributed by atoms with Gasteiger partial charge >= 0.3 is 0 Å². The van der Waals surface area contributed by atoms with E-state index in [1.807, 2.05) is 18.2 Å². The molecule has 0 unspecified atom stereocenters. The molecule has 5 nitrogen and oxygen atoms in total. The van der Waals surface area contributed by atoms with Crippen molar-refractivity contribution in [3.05, 3.63) is 35.0 Å². The van der Waals surface area contributed by atoms with Crippen LogP contribution in [0, 0.1) is 0 Å². The number of hydrogen-bond donors (Lipinski definition) is 1. The van der Waals surface area contributed by atoms with Crippen molar-refractivity contribution >= 4 is 38.1 Å². The van der Waals surface area contributed by atoms with Crippen LogP contribution < -0.4 is 0 Å². The lowest BCUT2D eigenvalue weighted by molar-refractivity contribution is 0.446. The molecule has 0 fully saturated rings. The average Bonchev–Trinajstić information content (AvgIpc) is 2.85. The molecule has 1 aromatic carbocycles. The largest absolute Gasteiger partial charge is 0.277 e. The minimum absolute atomic E-state index is 0.399. The molecule has 0 aliphatic carbocycles. The van der Waals surface area contributed by atoms with E-state index in [9.17, 15) is 8.42 Å². The Kier molecular flexibility index (Phi) is 3.32. The fourth-order valence-corrected chi connectivity index (χ4v) is 3.47. The van der Waals surface area contributed by atoms with Crippen LogP contribution in [0.25, 0.3) is 16.5 Å². The molecule has 0 spiro atoms. The molecule has 0 bridgehead atoms. The summed E-state index contributed by atoms with van der Waals surface area (Å²) in [6, 6.07) is 3.75. The van der Waals surface area contributed by atoms with E-state index >= 15 is 0 Å². The van der Waals surface area contributed by atoms with Crippen LogP contribution in [0.1, 0.15) is 12.0 Å². The molecule has 1 aromatic heterocycles. The fourth-order valence-electron chi connectivity index (χ4n) is 2.47. The minimum atomic E-state index is -3.13. The SMILES string of the molecule is CS(=O)(=O)N1CC=C(c2cc(Cl)cc3cn[nH]c23)CC1. The fraction of sp³-hybridized carbons (Fsp3) is 0.308. The zero-order valence-corrected chi connectivity index (χ0v) is 12.5. The second-order valence-corrected chi connectivity index (χ2v) is 7.31. The Labute approximate surface area is 122 Å². The molecule has 0 amide bonds. The van der Waals surface area contributed by atoms with E-state index in [1.54, 1.807) is 6.20 Å². The van der Waals surface area contributed by atoms with E-state index in [4.69, 9.17) is 11.6 Å². The van der Waals surface area contributed by atoms with Crippen molar-refractivity contribution in [3.63, 3.8) is 0 Å². The first kappa shape index (κ1) is 13.6. The van der Waals surface area contributed by atoms with E-state index in [2.05, 4.69) is 10.2 Å². The Morgan fingerprint density at radius 1 is 1.40 bits per heavy atom. The molecule has 2 heterocycles. The minimum Gasteiger partial charge on any atom is -0.277 e. The Morgan fingerprint density at radius 3 is 2.85 bits per heavy atom. The van der Waals surface area contributed by atoms with Crippen molar-refractivity contribution < 1.29 is 8.42 Å². The monoisotopic (exact) mass is 311 g/mol. The maximum absolute atomic E-state index is 11.5. The molecule has 0 saturated carbocycles. The smallest absolute Gasteiger partial charge is 0.211 e. The van der Waals surface area contributed by atoms with Gasteiger partial charge in [0.2, 0.25) is 10.0 Å². The van der Waals surface area contributed by atoms with Crippen molar-refractivity contribution in [2.45, 2.75) is 6.42 Å². The van der Waals surface area contributed by atoms with Gasteiger partial charge in [-0.25, -0.2) is 8.42 Å². The lowest BCUT2D eigenvalue weighted by Gasteiger charge is -2.24. The molecule has 0 atom stereocenters. The molecule has 1 aliphatic heterocycles. The number of benzene rings is 1. The van der Waals surface area contributed by atoms with Crippen LogP contribution in [-0.4, -0.2) is 42.3 Å². The predicted octanol–water partition coefficient (Wildman–Crippen LogP) is 2.27. The Hall–Kier alpha value is -1.37. The van der Waals surface area contributed by atoms with Gasteiger partial charge in [-0.05, 0) is 24.1 Å². The number of hydrogen-bond acceptors (Lipinski definition) is 3. The molecule has 1 aliphatic rings. The second-order valence-electron chi connectivity index (χ2n) is 4.89. The molecule has 20 heavy (non-hydrogen) atoms. The van der Waals surface area contributed by atoms with Gasteiger partial charge in [-0.1, -0.05) is 17.7 Å². The van der Waals surface area contributed by atoms with Crippen LogP contribution in [0.5, 0.6) is 0 Å². The Balaban J connectivity index is 2.01. The topological polar surface area (TPSA) is 66.1 Å². The van der Waals surface area contributed by atoms with E-state index in [-0.39, 0.29) is 0 Å². The summed E-state index contributed by atoms with van der Waals surface area (Å²) in [7, 11) is -3.13. The highest BCUT2D eigenvalue weighted by molar-refractivity contribution is 7.88. The number of H-pyrrole nitrogens is 1. The third-order valence-corrected chi connectivity index (χ3v) is 4.99. The number of aromatic amines is 1. The van der Waals surface area contributed by atoms with E-state index in [0.29, 0.717) is 24.5 Å². The zero-order chi connectivity index (χ0) is 14.3. The molecule has 3 rings (SSSR count). The summed E-state index contributed by atoms with van der Waals surface area (Å²) in [5, 5.41) is 8.62. The van der Waals surface area contributed by atoms with Gasteiger partial charge in [0.05, 0.1) is 18.0 Å². The molecule has 1 N–H and O–H groups in total. The number of rotatable bonds is 2. The van der Waals surface area contributed by atoms with Crippen molar-refractivity contribution in [1.82, 2.24) is 14.5 Å². The van der Waals surface area contributed by atoms with Crippen molar-refractivity contribution in [2.24, 2.45) is 0 Å². The third kappa shape index (κ3) is 2.46. The van der Waals surface area contributed by atoms with Crippen LogP contribution in [0.15, 0.2) is 24.4 Å². The normalized spacial score (nSPS) is 17.4. The Bertz CT molecular complexity index is 795. The van der Waals surface area contributed by atoms with E-state index in [1.165, 1.54) is 10.6 Å². The molecular formula is C13H14ClN3O2S. The number of fused-ring (bicyclic) bond motifs is 1. The molecule has 7 heteroatoms. The maximum Gasteiger partial charge on any atom is 0.211 e. The highest BCUT2D eigenvalue weighted by Crippen LogP contribution is 2.31. The maximum atomic E-state index is 11.5. The second kappa shape index (κ2) is 4.87. The highest BCUT2D eigenvalue weighted by atomic mass is 35.5. The average molecular weight is 312 g/mol. The first-order valence-corrected chi connectivity index (χ1v) is 8.45. The summed E-state index contributed by atoms with van der Waals surface area (Å²) in [6.07, 6.45) is 5.58. The quantitative estimate of drug-likeness (QED) is 0.925. The standard InChI is InChI=1S/C13H14ClN3O2S/c1-20(18,19)17-4-2-9(3-5-17)12-7-11(14)6-10-8-15-16-13(10)12/h2,6-8H,3-5H2,1H3,(H,15,16). The van der Waals surface area contributed by atoms with Crippen LogP contribution in [0.3, 0.4) is 0 Å². The van der Waals surface area contributed by atoms with Gasteiger partial charge in [-0.2, -0.15) is 9.40 Å². The van der Waals surface area contributed by atoms with Crippen LogP contribution in [0.2, 0.25) is 5.02 Å². The van der Waals surface area contributed by atoms with Gasteiger partial charge < -0.3 is 0 Å². The van der Waals surface area contributed by atoms with Gasteiger partial charge in [-0.3, -0.25) is 5.10 Å². The van der Waals surface area contributed by atoms with Gasteiger partial charge in [0, 0.05) is 29.1 Å².